The first-order chi connectivity index (χ1) is 10.3. The van der Waals surface area contributed by atoms with Crippen LogP contribution in [-0.2, 0) is 23.1 Å². The van der Waals surface area contributed by atoms with Crippen LogP contribution in [-0.4, -0.2) is 18.2 Å². The Balaban J connectivity index is 2.12. The average molecular weight is 321 g/mol. The number of nitrogens with one attached hydrogen (secondary N) is 1. The molecule has 0 aliphatic carbocycles. The van der Waals surface area contributed by atoms with E-state index in [1.165, 1.54) is 0 Å². The normalized spacial score (nSPS) is 12.0. The molecule has 0 aliphatic heterocycles. The minimum atomic E-state index is -3.50. The number of hydrogen-bond acceptors (Lipinski definition) is 3. The largest absolute Gasteiger partial charge is 0.270 e. The van der Waals surface area contributed by atoms with Crippen LogP contribution in [0.25, 0.3) is 0 Å². The molecule has 1 heterocycles. The molecule has 6 heteroatoms. The van der Waals surface area contributed by atoms with Gasteiger partial charge in [-0.3, -0.25) is 4.68 Å². The number of hydrogen-bond donors (Lipinski definition) is 1. The Hall–Kier alpha value is -1.66. The highest BCUT2D eigenvalue weighted by Gasteiger charge is 2.15. The highest BCUT2D eigenvalue weighted by atomic mass is 32.2. The van der Waals surface area contributed by atoms with Gasteiger partial charge in [0.05, 0.1) is 11.1 Å². The van der Waals surface area contributed by atoms with Gasteiger partial charge in [-0.1, -0.05) is 26.0 Å². The Labute approximate surface area is 132 Å². The Kier molecular flexibility index (Phi) is 5.03. The Morgan fingerprint density at radius 3 is 2.36 bits per heavy atom. The first-order valence-electron chi connectivity index (χ1n) is 7.46. The lowest BCUT2D eigenvalue weighted by Gasteiger charge is -2.09. The molecule has 5 nitrogen and oxygen atoms in total. The van der Waals surface area contributed by atoms with Crippen LogP contribution < -0.4 is 4.72 Å². The van der Waals surface area contributed by atoms with E-state index in [1.807, 2.05) is 30.7 Å². The molecule has 0 radical (unpaired) electrons. The second-order valence-corrected chi connectivity index (χ2v) is 7.39. The van der Waals surface area contributed by atoms with Gasteiger partial charge < -0.3 is 0 Å². The van der Waals surface area contributed by atoms with Gasteiger partial charge in [0.15, 0.2) is 0 Å². The summed E-state index contributed by atoms with van der Waals surface area (Å²) in [7, 11) is -3.50. The van der Waals surface area contributed by atoms with E-state index in [2.05, 4.69) is 23.7 Å². The summed E-state index contributed by atoms with van der Waals surface area (Å²) in [6.07, 6.45) is 1.71. The summed E-state index contributed by atoms with van der Waals surface area (Å²) < 4.78 is 29.2. The van der Waals surface area contributed by atoms with Crippen LogP contribution in [0.15, 0.2) is 35.4 Å². The monoisotopic (exact) mass is 321 g/mol. The van der Waals surface area contributed by atoms with Crippen molar-refractivity contribution in [1.82, 2.24) is 14.5 Å². The van der Waals surface area contributed by atoms with Crippen molar-refractivity contribution in [2.24, 2.45) is 0 Å². The Bertz CT molecular complexity index is 731. The van der Waals surface area contributed by atoms with Crippen LogP contribution in [0.1, 0.15) is 43.5 Å². The van der Waals surface area contributed by atoms with E-state index in [4.69, 9.17) is 0 Å². The third-order valence-corrected chi connectivity index (χ3v) is 5.23. The summed E-state index contributed by atoms with van der Waals surface area (Å²) in [5.74, 6) is 0.382. The van der Waals surface area contributed by atoms with Crippen molar-refractivity contribution in [1.29, 1.82) is 0 Å². The van der Waals surface area contributed by atoms with Gasteiger partial charge in [0.25, 0.3) is 0 Å². The standard InChI is InChI=1S/C16H23N3O2S/c1-5-19-13(4)15(10-17-19)11-18-22(20,21)16-8-6-14(7-9-16)12(2)3/h6-10,12,18H,5,11H2,1-4H3. The van der Waals surface area contributed by atoms with Crippen molar-refractivity contribution in [2.75, 3.05) is 0 Å². The van der Waals surface area contributed by atoms with Crippen LogP contribution in [0.2, 0.25) is 0 Å². The second kappa shape index (κ2) is 6.62. The molecule has 2 aromatic rings. The molecule has 0 spiro atoms. The van der Waals surface area contributed by atoms with Gasteiger partial charge in [-0.15, -0.1) is 0 Å². The fraction of sp³-hybridized carbons (Fsp3) is 0.438. The lowest BCUT2D eigenvalue weighted by atomic mass is 10.0. The summed E-state index contributed by atoms with van der Waals surface area (Å²) in [5.41, 5.74) is 3.00. The van der Waals surface area contributed by atoms with Crippen molar-refractivity contribution in [3.8, 4) is 0 Å². The Morgan fingerprint density at radius 1 is 1.23 bits per heavy atom. The summed E-state index contributed by atoms with van der Waals surface area (Å²) >= 11 is 0. The molecule has 1 aromatic heterocycles. The summed E-state index contributed by atoms with van der Waals surface area (Å²) in [6, 6.07) is 7.03. The lowest BCUT2D eigenvalue weighted by Crippen LogP contribution is -2.23. The molecule has 1 aromatic carbocycles. The first-order valence-corrected chi connectivity index (χ1v) is 8.94. The van der Waals surface area contributed by atoms with Crippen molar-refractivity contribution in [3.63, 3.8) is 0 Å². The van der Waals surface area contributed by atoms with Gasteiger partial charge in [-0.2, -0.15) is 5.10 Å². The molecular weight excluding hydrogens is 298 g/mol. The zero-order chi connectivity index (χ0) is 16.3. The molecule has 2 rings (SSSR count). The maximum absolute atomic E-state index is 12.3. The molecule has 0 amide bonds. The van der Waals surface area contributed by atoms with Crippen LogP contribution >= 0.6 is 0 Å². The third kappa shape index (κ3) is 3.56. The van der Waals surface area contributed by atoms with Crippen molar-refractivity contribution in [2.45, 2.75) is 51.6 Å². The van der Waals surface area contributed by atoms with Crippen LogP contribution in [0, 0.1) is 6.92 Å². The predicted molar refractivity (Wildman–Crippen MR) is 87.2 cm³/mol. The van der Waals surface area contributed by atoms with Gasteiger partial charge >= 0.3 is 0 Å². The van der Waals surface area contributed by atoms with E-state index in [0.29, 0.717) is 5.92 Å². The van der Waals surface area contributed by atoms with Crippen LogP contribution in [0.3, 0.4) is 0 Å². The third-order valence-electron chi connectivity index (χ3n) is 3.81. The number of aromatic nitrogens is 2. The highest BCUT2D eigenvalue weighted by molar-refractivity contribution is 7.89. The fourth-order valence-corrected chi connectivity index (χ4v) is 3.27. The van der Waals surface area contributed by atoms with Crippen LogP contribution in [0.5, 0.6) is 0 Å². The van der Waals surface area contributed by atoms with Gasteiger partial charge in [0, 0.05) is 24.3 Å². The maximum Gasteiger partial charge on any atom is 0.240 e. The molecule has 0 atom stereocenters. The average Bonchev–Trinajstić information content (AvgIpc) is 2.85. The molecule has 0 unspecified atom stereocenters. The topological polar surface area (TPSA) is 64.0 Å². The minimum absolute atomic E-state index is 0.250. The quantitative estimate of drug-likeness (QED) is 0.890. The molecule has 0 saturated carbocycles. The lowest BCUT2D eigenvalue weighted by molar-refractivity contribution is 0.580. The van der Waals surface area contributed by atoms with Crippen molar-refractivity contribution < 1.29 is 8.42 Å². The molecule has 0 aliphatic rings. The summed E-state index contributed by atoms with van der Waals surface area (Å²) in [5, 5.41) is 4.22. The van der Waals surface area contributed by atoms with Gasteiger partial charge in [-0.05, 0) is 37.5 Å². The zero-order valence-corrected chi connectivity index (χ0v) is 14.3. The van der Waals surface area contributed by atoms with E-state index in [0.717, 1.165) is 23.4 Å². The maximum atomic E-state index is 12.3. The molecule has 1 N–H and O–H groups in total. The van der Waals surface area contributed by atoms with E-state index < -0.39 is 10.0 Å². The number of benzene rings is 1. The van der Waals surface area contributed by atoms with Gasteiger partial charge in [0.1, 0.15) is 0 Å². The van der Waals surface area contributed by atoms with Crippen LogP contribution in [0.4, 0.5) is 0 Å². The van der Waals surface area contributed by atoms with Crippen molar-refractivity contribution >= 4 is 10.0 Å². The zero-order valence-electron chi connectivity index (χ0n) is 13.5. The van der Waals surface area contributed by atoms with E-state index in [9.17, 15) is 8.42 Å². The predicted octanol–water partition coefficient (Wildman–Crippen LogP) is 2.81. The summed E-state index contributed by atoms with van der Waals surface area (Å²) in [6.45, 7) is 9.13. The number of aryl methyl sites for hydroxylation is 1. The second-order valence-electron chi connectivity index (χ2n) is 5.62. The highest BCUT2D eigenvalue weighted by Crippen LogP contribution is 2.17. The van der Waals surface area contributed by atoms with Crippen molar-refractivity contribution in [3.05, 3.63) is 47.3 Å². The molecule has 0 bridgehead atoms. The van der Waals surface area contributed by atoms with Gasteiger partial charge in [-0.25, -0.2) is 13.1 Å². The first kappa shape index (κ1) is 16.7. The minimum Gasteiger partial charge on any atom is -0.270 e. The number of sulfonamides is 1. The number of rotatable bonds is 6. The molecule has 120 valence electrons. The molecule has 0 saturated heterocycles. The number of nitrogens with zero attached hydrogens (tertiary/aromatic N) is 2. The summed E-state index contributed by atoms with van der Waals surface area (Å²) in [4.78, 5) is 0.289. The molecular formula is C16H23N3O2S. The molecule has 0 fully saturated rings. The van der Waals surface area contributed by atoms with Gasteiger partial charge in [0.2, 0.25) is 10.0 Å². The van der Waals surface area contributed by atoms with E-state index in [-0.39, 0.29) is 11.4 Å². The fourth-order valence-electron chi connectivity index (χ4n) is 2.27. The Morgan fingerprint density at radius 2 is 1.86 bits per heavy atom. The smallest absolute Gasteiger partial charge is 0.240 e. The van der Waals surface area contributed by atoms with E-state index >= 15 is 0 Å². The molecule has 22 heavy (non-hydrogen) atoms. The SMILES string of the molecule is CCn1ncc(CNS(=O)(=O)c2ccc(C(C)C)cc2)c1C. The van der Waals surface area contributed by atoms with E-state index in [1.54, 1.807) is 18.3 Å².